The SMILES string of the molecule is Cc1[nH]c(C)c(S(=O)(=O)N2CCC(C(=O)N3CCCCCC3)CC2)c1C(=O)N1CCCCC1. The van der Waals surface area contributed by atoms with Gasteiger partial charge in [-0.3, -0.25) is 9.59 Å². The molecule has 3 fully saturated rings. The van der Waals surface area contributed by atoms with Crippen molar-refractivity contribution in [3.05, 3.63) is 17.0 Å². The molecule has 1 aromatic heterocycles. The third kappa shape index (κ3) is 4.99. The minimum absolute atomic E-state index is 0.113. The quantitative estimate of drug-likeness (QED) is 0.720. The molecule has 3 saturated heterocycles. The van der Waals surface area contributed by atoms with Gasteiger partial charge in [0, 0.05) is 56.6 Å². The second kappa shape index (κ2) is 10.2. The van der Waals surface area contributed by atoms with Gasteiger partial charge in [-0.15, -0.1) is 0 Å². The van der Waals surface area contributed by atoms with Gasteiger partial charge in [0.05, 0.1) is 5.56 Å². The van der Waals surface area contributed by atoms with Crippen LogP contribution in [0.15, 0.2) is 4.90 Å². The van der Waals surface area contributed by atoms with Crippen LogP contribution in [0.3, 0.4) is 0 Å². The Morgan fingerprint density at radius 2 is 1.27 bits per heavy atom. The maximum absolute atomic E-state index is 13.7. The fraction of sp³-hybridized carbons (Fsp3) is 0.750. The molecule has 0 aromatic carbocycles. The molecule has 0 radical (unpaired) electrons. The van der Waals surface area contributed by atoms with Gasteiger partial charge in [0.2, 0.25) is 15.9 Å². The standard InChI is InChI=1S/C24H38N4O4S/c1-18-21(24(30)27-14-8-5-9-15-27)22(19(2)25-18)33(31,32)28-16-10-20(11-17-28)23(29)26-12-6-3-4-7-13-26/h20,25H,3-17H2,1-2H3. The molecule has 0 atom stereocenters. The summed E-state index contributed by atoms with van der Waals surface area (Å²) in [5.74, 6) is -0.122. The maximum atomic E-state index is 13.7. The Kier molecular flexibility index (Phi) is 7.48. The summed E-state index contributed by atoms with van der Waals surface area (Å²) < 4.78 is 28.9. The molecule has 0 unspecified atom stereocenters. The van der Waals surface area contributed by atoms with Crippen LogP contribution in [0.25, 0.3) is 0 Å². The topological polar surface area (TPSA) is 93.8 Å². The van der Waals surface area contributed by atoms with Crippen LogP contribution < -0.4 is 0 Å². The highest BCUT2D eigenvalue weighted by Gasteiger charge is 2.38. The molecule has 1 N–H and O–H groups in total. The van der Waals surface area contributed by atoms with Gasteiger partial charge >= 0.3 is 0 Å². The summed E-state index contributed by atoms with van der Waals surface area (Å²) in [4.78, 5) is 33.3. The van der Waals surface area contributed by atoms with Gasteiger partial charge in [-0.2, -0.15) is 4.31 Å². The minimum atomic E-state index is -3.84. The molecule has 0 spiro atoms. The van der Waals surface area contributed by atoms with Crippen molar-refractivity contribution in [2.24, 2.45) is 5.92 Å². The zero-order chi connectivity index (χ0) is 23.6. The van der Waals surface area contributed by atoms with Gasteiger partial charge in [-0.05, 0) is 58.8 Å². The fourth-order valence-electron chi connectivity index (χ4n) is 5.61. The molecule has 0 aliphatic carbocycles. The third-order valence-electron chi connectivity index (χ3n) is 7.49. The zero-order valence-corrected chi connectivity index (χ0v) is 20.9. The zero-order valence-electron chi connectivity index (χ0n) is 20.1. The lowest BCUT2D eigenvalue weighted by atomic mass is 9.96. The van der Waals surface area contributed by atoms with Gasteiger partial charge in [0.1, 0.15) is 4.90 Å². The Labute approximate surface area is 197 Å². The van der Waals surface area contributed by atoms with E-state index in [-0.39, 0.29) is 28.2 Å². The smallest absolute Gasteiger partial charge is 0.257 e. The number of H-pyrrole nitrogens is 1. The van der Waals surface area contributed by atoms with Crippen molar-refractivity contribution in [3.63, 3.8) is 0 Å². The van der Waals surface area contributed by atoms with Crippen LogP contribution in [0.4, 0.5) is 0 Å². The molecule has 4 rings (SSSR count). The van der Waals surface area contributed by atoms with Crippen LogP contribution in [-0.4, -0.2) is 78.6 Å². The van der Waals surface area contributed by atoms with Crippen molar-refractivity contribution < 1.29 is 18.0 Å². The highest BCUT2D eigenvalue weighted by atomic mass is 32.2. The second-order valence-corrected chi connectivity index (χ2v) is 11.7. The number of sulfonamides is 1. The number of nitrogens with one attached hydrogen (secondary N) is 1. The number of aromatic amines is 1. The summed E-state index contributed by atoms with van der Waals surface area (Å²) in [6.45, 7) is 7.11. The van der Waals surface area contributed by atoms with Gasteiger partial charge in [-0.25, -0.2) is 8.42 Å². The fourth-order valence-corrected chi connectivity index (χ4v) is 7.50. The molecule has 184 valence electrons. The van der Waals surface area contributed by atoms with E-state index < -0.39 is 10.0 Å². The summed E-state index contributed by atoms with van der Waals surface area (Å²) in [6.07, 6.45) is 8.54. The number of aryl methyl sites for hydroxylation is 2. The Bertz CT molecular complexity index is 965. The van der Waals surface area contributed by atoms with Crippen LogP contribution in [0.1, 0.15) is 79.5 Å². The van der Waals surface area contributed by atoms with Gasteiger partial charge in [0.15, 0.2) is 0 Å². The van der Waals surface area contributed by atoms with Crippen LogP contribution in [0.5, 0.6) is 0 Å². The minimum Gasteiger partial charge on any atom is -0.361 e. The molecule has 4 heterocycles. The number of carbonyl (C=O) groups excluding carboxylic acids is 2. The molecular weight excluding hydrogens is 440 g/mol. The van der Waals surface area contributed by atoms with Crippen LogP contribution in [0.2, 0.25) is 0 Å². The van der Waals surface area contributed by atoms with E-state index in [1.54, 1.807) is 18.7 Å². The number of hydrogen-bond donors (Lipinski definition) is 1. The summed E-state index contributed by atoms with van der Waals surface area (Å²) >= 11 is 0. The van der Waals surface area contributed by atoms with E-state index >= 15 is 0 Å². The number of hydrogen-bond acceptors (Lipinski definition) is 4. The highest BCUT2D eigenvalue weighted by molar-refractivity contribution is 7.89. The molecule has 9 heteroatoms. The largest absolute Gasteiger partial charge is 0.361 e. The Morgan fingerprint density at radius 3 is 1.85 bits per heavy atom. The molecule has 3 aliphatic rings. The first-order chi connectivity index (χ1) is 15.8. The van der Waals surface area contributed by atoms with E-state index in [4.69, 9.17) is 0 Å². The summed E-state index contributed by atoms with van der Waals surface area (Å²) in [6, 6.07) is 0. The van der Waals surface area contributed by atoms with E-state index in [0.29, 0.717) is 50.4 Å². The predicted molar refractivity (Wildman–Crippen MR) is 127 cm³/mol. The van der Waals surface area contributed by atoms with Crippen LogP contribution in [0, 0.1) is 19.8 Å². The summed E-state index contributed by atoms with van der Waals surface area (Å²) in [7, 11) is -3.84. The number of likely N-dealkylation sites (tertiary alicyclic amines) is 2. The lowest BCUT2D eigenvalue weighted by Gasteiger charge is -2.33. The lowest BCUT2D eigenvalue weighted by molar-refractivity contribution is -0.136. The van der Waals surface area contributed by atoms with Crippen LogP contribution >= 0.6 is 0 Å². The van der Waals surface area contributed by atoms with E-state index in [1.807, 2.05) is 4.90 Å². The van der Waals surface area contributed by atoms with Crippen molar-refractivity contribution in [1.82, 2.24) is 19.1 Å². The van der Waals surface area contributed by atoms with Gasteiger partial charge in [0.25, 0.3) is 5.91 Å². The molecule has 2 amide bonds. The normalized spacial score (nSPS) is 21.8. The van der Waals surface area contributed by atoms with E-state index in [2.05, 4.69) is 4.98 Å². The van der Waals surface area contributed by atoms with Crippen molar-refractivity contribution in [2.45, 2.75) is 76.5 Å². The van der Waals surface area contributed by atoms with Gasteiger partial charge < -0.3 is 14.8 Å². The molecule has 0 bridgehead atoms. The first-order valence-corrected chi connectivity index (χ1v) is 14.0. The number of aromatic nitrogens is 1. The Hall–Kier alpha value is -1.87. The average molecular weight is 479 g/mol. The van der Waals surface area contributed by atoms with Crippen molar-refractivity contribution in [1.29, 1.82) is 0 Å². The molecule has 1 aromatic rings. The van der Waals surface area contributed by atoms with Crippen molar-refractivity contribution in [3.8, 4) is 0 Å². The Morgan fingerprint density at radius 1 is 0.758 bits per heavy atom. The van der Waals surface area contributed by atoms with E-state index in [9.17, 15) is 18.0 Å². The molecule has 3 aliphatic heterocycles. The number of nitrogens with zero attached hydrogens (tertiary/aromatic N) is 3. The Balaban J connectivity index is 1.49. The number of amides is 2. The maximum Gasteiger partial charge on any atom is 0.257 e. The molecule has 0 saturated carbocycles. The van der Waals surface area contributed by atoms with Gasteiger partial charge in [-0.1, -0.05) is 12.8 Å². The lowest BCUT2D eigenvalue weighted by Crippen LogP contribution is -2.45. The van der Waals surface area contributed by atoms with E-state index in [0.717, 1.165) is 45.2 Å². The molecular formula is C24H38N4O4S. The molecule has 8 nitrogen and oxygen atoms in total. The summed E-state index contributed by atoms with van der Waals surface area (Å²) in [5, 5.41) is 0. The predicted octanol–water partition coefficient (Wildman–Crippen LogP) is 3.06. The number of rotatable bonds is 4. The van der Waals surface area contributed by atoms with Crippen molar-refractivity contribution in [2.75, 3.05) is 39.3 Å². The third-order valence-corrected chi connectivity index (χ3v) is 9.56. The second-order valence-electron chi connectivity index (χ2n) is 9.85. The van der Waals surface area contributed by atoms with E-state index in [1.165, 1.54) is 17.1 Å². The van der Waals surface area contributed by atoms with Crippen LogP contribution in [-0.2, 0) is 14.8 Å². The average Bonchev–Trinajstić information content (AvgIpc) is 2.98. The number of carbonyl (C=O) groups is 2. The first-order valence-electron chi connectivity index (χ1n) is 12.6. The number of piperidine rings is 2. The first kappa shape index (κ1) is 24.3. The highest BCUT2D eigenvalue weighted by Crippen LogP contribution is 2.32. The summed E-state index contributed by atoms with van der Waals surface area (Å²) in [5.41, 5.74) is 1.40. The molecule has 33 heavy (non-hydrogen) atoms. The monoisotopic (exact) mass is 478 g/mol. The van der Waals surface area contributed by atoms with Crippen molar-refractivity contribution >= 4 is 21.8 Å².